The molecule has 0 aliphatic heterocycles. The molecule has 0 N–H and O–H groups in total. The van der Waals surface area contributed by atoms with E-state index in [2.05, 4.69) is 0 Å². The van der Waals surface area contributed by atoms with Crippen molar-refractivity contribution in [2.75, 3.05) is 7.11 Å². The maximum absolute atomic E-state index is 12.4. The lowest BCUT2D eigenvalue weighted by molar-refractivity contribution is -0.138. The van der Waals surface area contributed by atoms with Gasteiger partial charge < -0.3 is 4.74 Å². The zero-order valence-electron chi connectivity index (χ0n) is 8.84. The smallest absolute Gasteiger partial charge is 0.369 e. The molecule has 88 valence electrons. The number of ether oxygens (including phenoxy) is 1. The molecule has 0 aromatic heterocycles. The molecule has 0 saturated carbocycles. The fourth-order valence-electron chi connectivity index (χ4n) is 1.41. The van der Waals surface area contributed by atoms with Gasteiger partial charge in [-0.1, -0.05) is 12.1 Å². The van der Waals surface area contributed by atoms with E-state index >= 15 is 0 Å². The Morgan fingerprint density at radius 2 is 2.00 bits per heavy atom. The fraction of sp³-hybridized carbons (Fsp3) is 0.364. The summed E-state index contributed by atoms with van der Waals surface area (Å²) in [5.74, 6) is -0.332. The Kier molecular flexibility index (Phi) is 3.70. The van der Waals surface area contributed by atoms with Gasteiger partial charge in [0, 0.05) is 7.11 Å². The van der Waals surface area contributed by atoms with Gasteiger partial charge in [0.1, 0.15) is 6.10 Å². The molecule has 0 aliphatic rings. The molecule has 16 heavy (non-hydrogen) atoms. The minimum absolute atomic E-state index is 0.213. The molecule has 2 nitrogen and oxygen atoms in total. The predicted molar refractivity (Wildman–Crippen MR) is 51.9 cm³/mol. The van der Waals surface area contributed by atoms with Gasteiger partial charge in [0.05, 0.1) is 5.56 Å². The highest BCUT2D eigenvalue weighted by Gasteiger charge is 2.31. The molecule has 5 heteroatoms. The van der Waals surface area contributed by atoms with Gasteiger partial charge in [-0.05, 0) is 24.6 Å². The minimum atomic E-state index is -4.41. The van der Waals surface area contributed by atoms with Crippen LogP contribution in [-0.4, -0.2) is 12.9 Å². The molecule has 0 spiro atoms. The minimum Gasteiger partial charge on any atom is -0.369 e. The number of ketones is 1. The van der Waals surface area contributed by atoms with Crippen molar-refractivity contribution in [3.8, 4) is 0 Å². The number of hydrogen-bond donors (Lipinski definition) is 0. The number of alkyl halides is 3. The molecule has 0 amide bonds. The number of carbonyl (C=O) groups excluding carboxylic acids is 1. The van der Waals surface area contributed by atoms with Crippen molar-refractivity contribution in [2.45, 2.75) is 19.2 Å². The molecule has 1 rings (SSSR count). The van der Waals surface area contributed by atoms with Crippen LogP contribution in [0.5, 0.6) is 0 Å². The first kappa shape index (κ1) is 12.7. The van der Waals surface area contributed by atoms with Crippen molar-refractivity contribution >= 4 is 5.78 Å². The van der Waals surface area contributed by atoms with Gasteiger partial charge in [-0.25, -0.2) is 0 Å². The van der Waals surface area contributed by atoms with E-state index in [9.17, 15) is 18.0 Å². The zero-order valence-corrected chi connectivity index (χ0v) is 8.84. The SMILES string of the molecule is COC(C(C)=O)c1cccc(C(F)(F)F)c1. The summed E-state index contributed by atoms with van der Waals surface area (Å²) in [5.41, 5.74) is -0.571. The maximum Gasteiger partial charge on any atom is 0.416 e. The molecule has 0 bridgehead atoms. The molecule has 1 aromatic carbocycles. The number of methoxy groups -OCH3 is 1. The van der Waals surface area contributed by atoms with Crippen LogP contribution in [0.2, 0.25) is 0 Å². The van der Waals surface area contributed by atoms with E-state index in [0.29, 0.717) is 0 Å². The predicted octanol–water partition coefficient (Wildman–Crippen LogP) is 2.98. The van der Waals surface area contributed by atoms with Crippen LogP contribution in [0.1, 0.15) is 24.2 Å². The molecule has 1 atom stereocenters. The third-order valence-corrected chi connectivity index (χ3v) is 2.12. The Balaban J connectivity index is 3.11. The first-order chi connectivity index (χ1) is 7.36. The second-order valence-corrected chi connectivity index (χ2v) is 3.35. The number of hydrogen-bond acceptors (Lipinski definition) is 2. The second-order valence-electron chi connectivity index (χ2n) is 3.35. The van der Waals surface area contributed by atoms with Crippen LogP contribution < -0.4 is 0 Å². The summed E-state index contributed by atoms with van der Waals surface area (Å²) in [5, 5.41) is 0. The summed E-state index contributed by atoms with van der Waals surface area (Å²) in [6.07, 6.45) is -5.35. The van der Waals surface area contributed by atoms with Crippen LogP contribution in [0.25, 0.3) is 0 Å². The molecular formula is C11H11F3O2. The van der Waals surface area contributed by atoms with Crippen molar-refractivity contribution in [1.29, 1.82) is 0 Å². The standard InChI is InChI=1S/C11H11F3O2/c1-7(15)10(16-2)8-4-3-5-9(6-8)11(12,13)14/h3-6,10H,1-2H3. The lowest BCUT2D eigenvalue weighted by Crippen LogP contribution is -2.13. The van der Waals surface area contributed by atoms with E-state index in [4.69, 9.17) is 4.74 Å². The van der Waals surface area contributed by atoms with E-state index < -0.39 is 17.8 Å². The van der Waals surface area contributed by atoms with Crippen LogP contribution in [0, 0.1) is 0 Å². The maximum atomic E-state index is 12.4. The number of halogens is 3. The third kappa shape index (κ3) is 2.82. The average Bonchev–Trinajstić information content (AvgIpc) is 2.17. The van der Waals surface area contributed by atoms with Crippen LogP contribution in [0.4, 0.5) is 13.2 Å². The topological polar surface area (TPSA) is 26.3 Å². The highest BCUT2D eigenvalue weighted by molar-refractivity contribution is 5.81. The largest absolute Gasteiger partial charge is 0.416 e. The normalized spacial score (nSPS) is 13.6. The van der Waals surface area contributed by atoms with Crippen molar-refractivity contribution in [3.05, 3.63) is 35.4 Å². The highest BCUT2D eigenvalue weighted by Crippen LogP contribution is 2.31. The van der Waals surface area contributed by atoms with E-state index in [1.165, 1.54) is 26.2 Å². The molecule has 0 saturated heterocycles. The van der Waals surface area contributed by atoms with E-state index in [-0.39, 0.29) is 11.3 Å². The Morgan fingerprint density at radius 1 is 1.38 bits per heavy atom. The number of rotatable bonds is 3. The number of Topliss-reactive ketones (excluding diaryl/α,β-unsaturated/α-hetero) is 1. The molecule has 0 heterocycles. The summed E-state index contributed by atoms with van der Waals surface area (Å²) < 4.78 is 42.1. The summed E-state index contributed by atoms with van der Waals surface area (Å²) in [6, 6.07) is 4.57. The first-order valence-corrected chi connectivity index (χ1v) is 4.56. The summed E-state index contributed by atoms with van der Waals surface area (Å²) >= 11 is 0. The van der Waals surface area contributed by atoms with Crippen LogP contribution in [0.3, 0.4) is 0 Å². The summed E-state index contributed by atoms with van der Waals surface area (Å²) in [4.78, 5) is 11.1. The van der Waals surface area contributed by atoms with Crippen LogP contribution in [-0.2, 0) is 15.7 Å². The summed E-state index contributed by atoms with van der Waals surface area (Å²) in [7, 11) is 1.28. The van der Waals surface area contributed by atoms with Crippen LogP contribution in [0.15, 0.2) is 24.3 Å². The quantitative estimate of drug-likeness (QED) is 0.800. The summed E-state index contributed by atoms with van der Waals surface area (Å²) in [6.45, 7) is 1.27. The Bertz CT molecular complexity index is 385. The molecule has 0 radical (unpaired) electrons. The van der Waals surface area contributed by atoms with E-state index in [0.717, 1.165) is 12.1 Å². The number of carbonyl (C=O) groups is 1. The van der Waals surface area contributed by atoms with Crippen molar-refractivity contribution < 1.29 is 22.7 Å². The molecule has 0 aliphatic carbocycles. The van der Waals surface area contributed by atoms with Crippen molar-refractivity contribution in [3.63, 3.8) is 0 Å². The zero-order chi connectivity index (χ0) is 12.3. The molecule has 1 unspecified atom stereocenters. The lowest BCUT2D eigenvalue weighted by atomic mass is 10.0. The average molecular weight is 232 g/mol. The van der Waals surface area contributed by atoms with Gasteiger partial charge in [0.15, 0.2) is 5.78 Å². The van der Waals surface area contributed by atoms with Gasteiger partial charge in [-0.2, -0.15) is 13.2 Å². The lowest BCUT2D eigenvalue weighted by Gasteiger charge is -2.14. The van der Waals surface area contributed by atoms with Gasteiger partial charge >= 0.3 is 6.18 Å². The third-order valence-electron chi connectivity index (χ3n) is 2.12. The Hall–Kier alpha value is -1.36. The Labute approximate surface area is 91.0 Å². The van der Waals surface area contributed by atoms with Gasteiger partial charge in [-0.15, -0.1) is 0 Å². The molecule has 1 aromatic rings. The van der Waals surface area contributed by atoms with Gasteiger partial charge in [0.25, 0.3) is 0 Å². The fourth-order valence-corrected chi connectivity index (χ4v) is 1.41. The monoisotopic (exact) mass is 232 g/mol. The molecular weight excluding hydrogens is 221 g/mol. The van der Waals surface area contributed by atoms with E-state index in [1.807, 2.05) is 0 Å². The van der Waals surface area contributed by atoms with Crippen LogP contribution >= 0.6 is 0 Å². The number of benzene rings is 1. The van der Waals surface area contributed by atoms with Gasteiger partial charge in [0.2, 0.25) is 0 Å². The Morgan fingerprint density at radius 3 is 2.44 bits per heavy atom. The molecule has 0 fully saturated rings. The highest BCUT2D eigenvalue weighted by atomic mass is 19.4. The van der Waals surface area contributed by atoms with E-state index in [1.54, 1.807) is 0 Å². The first-order valence-electron chi connectivity index (χ1n) is 4.56. The van der Waals surface area contributed by atoms with Gasteiger partial charge in [-0.3, -0.25) is 4.79 Å². The second kappa shape index (κ2) is 4.65. The van der Waals surface area contributed by atoms with Crippen molar-refractivity contribution in [2.24, 2.45) is 0 Å². The van der Waals surface area contributed by atoms with Crippen molar-refractivity contribution in [1.82, 2.24) is 0 Å².